The molecule has 1 aliphatic carbocycles. The Kier molecular flexibility index (Phi) is 3.42. The fourth-order valence-electron chi connectivity index (χ4n) is 3.01. The molecule has 1 aromatic rings. The predicted octanol–water partition coefficient (Wildman–Crippen LogP) is 2.26. The van der Waals surface area contributed by atoms with Gasteiger partial charge in [-0.1, -0.05) is 12.8 Å². The van der Waals surface area contributed by atoms with E-state index in [-0.39, 0.29) is 12.7 Å². The van der Waals surface area contributed by atoms with Gasteiger partial charge >= 0.3 is 0 Å². The van der Waals surface area contributed by atoms with Gasteiger partial charge in [-0.3, -0.25) is 4.79 Å². The Hall–Kier alpha value is -1.91. The molecule has 1 heterocycles. The number of nitrogens with zero attached hydrogens (tertiary/aromatic N) is 1. The number of hydrogen-bond acceptors (Lipinski definition) is 4. The Balaban J connectivity index is 1.76. The Morgan fingerprint density at radius 2 is 1.95 bits per heavy atom. The van der Waals surface area contributed by atoms with Gasteiger partial charge in [0, 0.05) is 25.3 Å². The van der Waals surface area contributed by atoms with Gasteiger partial charge in [0.25, 0.3) is 5.91 Å². The van der Waals surface area contributed by atoms with Gasteiger partial charge in [-0.15, -0.1) is 0 Å². The van der Waals surface area contributed by atoms with Crippen LogP contribution in [0.4, 0.5) is 5.69 Å². The number of fused-ring (bicyclic) bond motifs is 1. The first-order valence-electron chi connectivity index (χ1n) is 7.09. The average Bonchev–Trinajstić information content (AvgIpc) is 3.07. The molecule has 1 aromatic carbocycles. The van der Waals surface area contributed by atoms with Gasteiger partial charge in [0.15, 0.2) is 11.5 Å². The van der Waals surface area contributed by atoms with Crippen molar-refractivity contribution in [2.75, 3.05) is 26.1 Å². The normalized spacial score (nSPS) is 17.4. The smallest absolute Gasteiger partial charge is 0.255 e. The zero-order chi connectivity index (χ0) is 14.1. The van der Waals surface area contributed by atoms with Crippen molar-refractivity contribution in [2.24, 2.45) is 5.92 Å². The summed E-state index contributed by atoms with van der Waals surface area (Å²) in [5.41, 5.74) is 6.89. The fraction of sp³-hybridized carbons (Fsp3) is 0.533. The van der Waals surface area contributed by atoms with E-state index in [0.29, 0.717) is 28.7 Å². The second-order valence-corrected chi connectivity index (χ2v) is 5.63. The minimum atomic E-state index is -0.0484. The fourth-order valence-corrected chi connectivity index (χ4v) is 3.01. The molecule has 0 saturated heterocycles. The summed E-state index contributed by atoms with van der Waals surface area (Å²) in [4.78, 5) is 14.3. The molecule has 1 aliphatic heterocycles. The molecule has 2 aliphatic rings. The van der Waals surface area contributed by atoms with E-state index in [9.17, 15) is 4.79 Å². The monoisotopic (exact) mass is 276 g/mol. The van der Waals surface area contributed by atoms with Crippen molar-refractivity contribution in [3.63, 3.8) is 0 Å². The Morgan fingerprint density at radius 3 is 2.65 bits per heavy atom. The highest BCUT2D eigenvalue weighted by molar-refractivity contribution is 6.00. The number of carbonyl (C=O) groups excluding carboxylic acids is 1. The summed E-state index contributed by atoms with van der Waals surface area (Å²) in [5, 5.41) is 0. The van der Waals surface area contributed by atoms with Crippen LogP contribution in [0.3, 0.4) is 0 Å². The van der Waals surface area contributed by atoms with Crippen molar-refractivity contribution in [1.82, 2.24) is 4.90 Å². The van der Waals surface area contributed by atoms with Crippen LogP contribution >= 0.6 is 0 Å². The molecule has 1 fully saturated rings. The van der Waals surface area contributed by atoms with Gasteiger partial charge in [0.2, 0.25) is 6.79 Å². The van der Waals surface area contributed by atoms with Crippen LogP contribution in [0.15, 0.2) is 12.1 Å². The first-order chi connectivity index (χ1) is 9.65. The van der Waals surface area contributed by atoms with Gasteiger partial charge in [0.1, 0.15) is 0 Å². The third kappa shape index (κ3) is 2.40. The summed E-state index contributed by atoms with van der Waals surface area (Å²) in [6.07, 6.45) is 4.99. The first kappa shape index (κ1) is 13.1. The van der Waals surface area contributed by atoms with Crippen LogP contribution in [-0.4, -0.2) is 31.2 Å². The summed E-state index contributed by atoms with van der Waals surface area (Å²) < 4.78 is 10.6. The minimum absolute atomic E-state index is 0.0484. The number of nitrogens with two attached hydrogens (primary N) is 1. The van der Waals surface area contributed by atoms with Crippen LogP contribution in [0.2, 0.25) is 0 Å². The van der Waals surface area contributed by atoms with E-state index in [1.165, 1.54) is 25.7 Å². The third-order valence-corrected chi connectivity index (χ3v) is 4.13. The van der Waals surface area contributed by atoms with E-state index in [0.717, 1.165) is 6.54 Å². The van der Waals surface area contributed by atoms with E-state index in [1.54, 1.807) is 17.0 Å². The second-order valence-electron chi connectivity index (χ2n) is 5.63. The summed E-state index contributed by atoms with van der Waals surface area (Å²) in [7, 11) is 1.84. The third-order valence-electron chi connectivity index (χ3n) is 4.13. The molecule has 0 spiro atoms. The quantitative estimate of drug-likeness (QED) is 0.860. The molecule has 5 heteroatoms. The van der Waals surface area contributed by atoms with Crippen molar-refractivity contribution in [1.29, 1.82) is 0 Å². The molecule has 1 saturated carbocycles. The number of rotatable bonds is 3. The lowest BCUT2D eigenvalue weighted by molar-refractivity contribution is 0.0774. The molecule has 108 valence electrons. The lowest BCUT2D eigenvalue weighted by Gasteiger charge is -2.22. The number of benzene rings is 1. The number of amides is 1. The molecule has 0 radical (unpaired) electrons. The average molecular weight is 276 g/mol. The number of hydrogen-bond donors (Lipinski definition) is 1. The standard InChI is InChI=1S/C15H20N2O3/c1-17(8-10-4-2-3-5-10)15(18)11-6-13-14(7-12(11)16)20-9-19-13/h6-7,10H,2-5,8-9,16H2,1H3. The van der Waals surface area contributed by atoms with Crippen molar-refractivity contribution in [2.45, 2.75) is 25.7 Å². The summed E-state index contributed by atoms with van der Waals surface area (Å²) >= 11 is 0. The van der Waals surface area contributed by atoms with E-state index < -0.39 is 0 Å². The molecule has 3 rings (SSSR count). The predicted molar refractivity (Wildman–Crippen MR) is 75.9 cm³/mol. The van der Waals surface area contributed by atoms with Crippen LogP contribution in [0.25, 0.3) is 0 Å². The van der Waals surface area contributed by atoms with Gasteiger partial charge in [-0.25, -0.2) is 0 Å². The Bertz CT molecular complexity index is 524. The molecule has 5 nitrogen and oxygen atoms in total. The van der Waals surface area contributed by atoms with Crippen LogP contribution in [0.1, 0.15) is 36.0 Å². The largest absolute Gasteiger partial charge is 0.454 e. The Labute approximate surface area is 118 Å². The number of ether oxygens (including phenoxy) is 2. The van der Waals surface area contributed by atoms with E-state index in [1.807, 2.05) is 7.05 Å². The molecular formula is C15H20N2O3. The van der Waals surface area contributed by atoms with Crippen LogP contribution < -0.4 is 15.2 Å². The van der Waals surface area contributed by atoms with Gasteiger partial charge in [0.05, 0.1) is 5.56 Å². The summed E-state index contributed by atoms with van der Waals surface area (Å²) in [6, 6.07) is 3.35. The molecule has 0 bridgehead atoms. The molecule has 0 aromatic heterocycles. The van der Waals surface area contributed by atoms with Crippen LogP contribution in [-0.2, 0) is 0 Å². The lowest BCUT2D eigenvalue weighted by atomic mass is 10.1. The highest BCUT2D eigenvalue weighted by Crippen LogP contribution is 2.36. The number of carbonyl (C=O) groups is 1. The zero-order valence-electron chi connectivity index (χ0n) is 11.7. The maximum Gasteiger partial charge on any atom is 0.255 e. The van der Waals surface area contributed by atoms with E-state index >= 15 is 0 Å². The Morgan fingerprint density at radius 1 is 1.30 bits per heavy atom. The maximum absolute atomic E-state index is 12.5. The highest BCUT2D eigenvalue weighted by Gasteiger charge is 2.24. The summed E-state index contributed by atoms with van der Waals surface area (Å²) in [6.45, 7) is 0.983. The maximum atomic E-state index is 12.5. The van der Waals surface area contributed by atoms with Crippen molar-refractivity contribution < 1.29 is 14.3 Å². The lowest BCUT2D eigenvalue weighted by Crippen LogP contribution is -2.31. The molecular weight excluding hydrogens is 256 g/mol. The molecule has 0 atom stereocenters. The molecule has 2 N–H and O–H groups in total. The number of anilines is 1. The van der Waals surface area contributed by atoms with Gasteiger partial charge < -0.3 is 20.1 Å². The molecule has 0 unspecified atom stereocenters. The van der Waals surface area contributed by atoms with Gasteiger partial charge in [-0.2, -0.15) is 0 Å². The minimum Gasteiger partial charge on any atom is -0.454 e. The zero-order valence-corrected chi connectivity index (χ0v) is 11.7. The highest BCUT2D eigenvalue weighted by atomic mass is 16.7. The topological polar surface area (TPSA) is 64.8 Å². The van der Waals surface area contributed by atoms with Crippen LogP contribution in [0.5, 0.6) is 11.5 Å². The van der Waals surface area contributed by atoms with Crippen molar-refractivity contribution in [3.8, 4) is 11.5 Å². The second kappa shape index (κ2) is 5.23. The molecule has 1 amide bonds. The molecule has 20 heavy (non-hydrogen) atoms. The first-order valence-corrected chi connectivity index (χ1v) is 7.09. The van der Waals surface area contributed by atoms with Crippen LogP contribution in [0, 0.1) is 5.92 Å². The van der Waals surface area contributed by atoms with Gasteiger partial charge in [-0.05, 0) is 24.8 Å². The van der Waals surface area contributed by atoms with E-state index in [4.69, 9.17) is 15.2 Å². The van der Waals surface area contributed by atoms with Crippen molar-refractivity contribution in [3.05, 3.63) is 17.7 Å². The SMILES string of the molecule is CN(CC1CCCC1)C(=O)c1cc2c(cc1N)OCO2. The number of nitrogen functional groups attached to an aromatic ring is 1. The van der Waals surface area contributed by atoms with Crippen molar-refractivity contribution >= 4 is 11.6 Å². The summed E-state index contributed by atoms with van der Waals surface area (Å²) in [5.74, 6) is 1.78. The van der Waals surface area contributed by atoms with E-state index in [2.05, 4.69) is 0 Å².